The molecule has 3 rings (SSSR count). The molecule has 5 heteroatoms. The first-order valence-electron chi connectivity index (χ1n) is 8.04. The number of carbonyl (C=O) groups excluding carboxylic acids is 1. The summed E-state index contributed by atoms with van der Waals surface area (Å²) in [5, 5.41) is 3.39. The second kappa shape index (κ2) is 8.51. The van der Waals surface area contributed by atoms with Crippen molar-refractivity contribution in [2.45, 2.75) is 13.1 Å². The highest BCUT2D eigenvalue weighted by Crippen LogP contribution is 2.20. The second-order valence-corrected chi connectivity index (χ2v) is 6.15. The highest BCUT2D eigenvalue weighted by atomic mass is 35.5. The zero-order valence-electron chi connectivity index (χ0n) is 13.7. The normalized spacial score (nSPS) is 10.8. The average molecular weight is 355 g/mol. The number of anilines is 1. The number of halogens is 1. The Morgan fingerprint density at radius 1 is 0.960 bits per heavy atom. The summed E-state index contributed by atoms with van der Waals surface area (Å²) in [6, 6.07) is 21.0. The van der Waals surface area contributed by atoms with Crippen LogP contribution in [0, 0.1) is 0 Å². The van der Waals surface area contributed by atoms with Crippen LogP contribution in [0.1, 0.15) is 11.3 Å². The number of hydrogen-bond acceptors (Lipinski definition) is 3. The van der Waals surface area contributed by atoms with Crippen LogP contribution in [-0.2, 0) is 17.9 Å². The Morgan fingerprint density at radius 3 is 2.44 bits per heavy atom. The van der Waals surface area contributed by atoms with Crippen LogP contribution < -0.4 is 5.32 Å². The molecule has 1 N–H and O–H groups in total. The van der Waals surface area contributed by atoms with Crippen LogP contribution in [0.15, 0.2) is 77.4 Å². The molecular formula is C20H19ClN2O2. The highest BCUT2D eigenvalue weighted by Gasteiger charge is 2.14. The van der Waals surface area contributed by atoms with Crippen LogP contribution in [0.5, 0.6) is 0 Å². The molecule has 4 nitrogen and oxygen atoms in total. The summed E-state index contributed by atoms with van der Waals surface area (Å²) in [6.07, 6.45) is 1.64. The Morgan fingerprint density at radius 2 is 1.72 bits per heavy atom. The maximum Gasteiger partial charge on any atom is 0.238 e. The first-order chi connectivity index (χ1) is 12.2. The van der Waals surface area contributed by atoms with E-state index < -0.39 is 0 Å². The summed E-state index contributed by atoms with van der Waals surface area (Å²) < 4.78 is 5.43. The third-order valence-corrected chi connectivity index (χ3v) is 4.05. The van der Waals surface area contributed by atoms with Crippen molar-refractivity contribution in [3.05, 3.63) is 89.3 Å². The van der Waals surface area contributed by atoms with E-state index in [0.29, 0.717) is 23.8 Å². The van der Waals surface area contributed by atoms with Gasteiger partial charge in [-0.3, -0.25) is 9.69 Å². The van der Waals surface area contributed by atoms with Crippen molar-refractivity contribution in [2.24, 2.45) is 0 Å². The molecule has 0 aliphatic rings. The van der Waals surface area contributed by atoms with Gasteiger partial charge in [0.05, 0.1) is 30.1 Å². The number of nitrogens with zero attached hydrogens (tertiary/aromatic N) is 1. The molecule has 0 saturated heterocycles. The minimum Gasteiger partial charge on any atom is -0.468 e. The second-order valence-electron chi connectivity index (χ2n) is 5.74. The Labute approximate surface area is 152 Å². The van der Waals surface area contributed by atoms with Gasteiger partial charge >= 0.3 is 0 Å². The summed E-state index contributed by atoms with van der Waals surface area (Å²) in [7, 11) is 0. The fourth-order valence-electron chi connectivity index (χ4n) is 2.59. The highest BCUT2D eigenvalue weighted by molar-refractivity contribution is 6.33. The van der Waals surface area contributed by atoms with Crippen LogP contribution >= 0.6 is 11.6 Å². The van der Waals surface area contributed by atoms with Crippen molar-refractivity contribution in [3.63, 3.8) is 0 Å². The van der Waals surface area contributed by atoms with Crippen LogP contribution in [0.4, 0.5) is 5.69 Å². The number of amides is 1. The first-order valence-corrected chi connectivity index (χ1v) is 8.41. The number of benzene rings is 2. The number of furan rings is 1. The molecule has 0 spiro atoms. The first kappa shape index (κ1) is 17.3. The van der Waals surface area contributed by atoms with Gasteiger partial charge in [-0.2, -0.15) is 0 Å². The molecule has 0 atom stereocenters. The molecular weight excluding hydrogens is 336 g/mol. The number of nitrogens with one attached hydrogen (secondary N) is 1. The molecule has 1 amide bonds. The number of hydrogen-bond donors (Lipinski definition) is 1. The van der Waals surface area contributed by atoms with Crippen LogP contribution in [0.25, 0.3) is 0 Å². The summed E-state index contributed by atoms with van der Waals surface area (Å²) in [4.78, 5) is 14.5. The summed E-state index contributed by atoms with van der Waals surface area (Å²) >= 11 is 6.11. The van der Waals surface area contributed by atoms with Gasteiger partial charge in [0.25, 0.3) is 0 Å². The van der Waals surface area contributed by atoms with E-state index in [2.05, 4.69) is 5.32 Å². The monoisotopic (exact) mass is 354 g/mol. The van der Waals surface area contributed by atoms with Crippen LogP contribution in [0.3, 0.4) is 0 Å². The molecule has 0 aliphatic carbocycles. The van der Waals surface area contributed by atoms with Gasteiger partial charge in [-0.25, -0.2) is 0 Å². The van der Waals surface area contributed by atoms with Gasteiger partial charge < -0.3 is 9.73 Å². The van der Waals surface area contributed by atoms with E-state index in [1.54, 1.807) is 18.4 Å². The van der Waals surface area contributed by atoms with Crippen LogP contribution in [-0.4, -0.2) is 17.4 Å². The lowest BCUT2D eigenvalue weighted by atomic mass is 10.2. The average Bonchev–Trinajstić information content (AvgIpc) is 3.11. The fraction of sp³-hybridized carbons (Fsp3) is 0.150. The zero-order valence-corrected chi connectivity index (χ0v) is 14.4. The lowest BCUT2D eigenvalue weighted by Gasteiger charge is -2.21. The molecule has 128 valence electrons. The van der Waals surface area contributed by atoms with E-state index in [0.717, 1.165) is 11.3 Å². The third kappa shape index (κ3) is 5.21. The SMILES string of the molecule is O=C(CN(Cc1ccccc1)Cc1ccco1)Nc1ccccc1Cl. The topological polar surface area (TPSA) is 45.5 Å². The molecule has 0 bridgehead atoms. The number of rotatable bonds is 7. The van der Waals surface area contributed by atoms with Crippen LogP contribution in [0.2, 0.25) is 5.02 Å². The smallest absolute Gasteiger partial charge is 0.238 e. The molecule has 0 fully saturated rings. The molecule has 0 unspecified atom stereocenters. The molecule has 0 saturated carbocycles. The molecule has 2 aromatic carbocycles. The van der Waals surface area contributed by atoms with E-state index in [9.17, 15) is 4.79 Å². The molecule has 0 radical (unpaired) electrons. The van der Waals surface area contributed by atoms with Gasteiger partial charge in [-0.05, 0) is 29.8 Å². The molecule has 1 heterocycles. The largest absolute Gasteiger partial charge is 0.468 e. The van der Waals surface area contributed by atoms with Crippen molar-refractivity contribution >= 4 is 23.2 Å². The van der Waals surface area contributed by atoms with E-state index >= 15 is 0 Å². The number of para-hydroxylation sites is 1. The summed E-state index contributed by atoms with van der Waals surface area (Å²) in [5.74, 6) is 0.706. The van der Waals surface area contributed by atoms with E-state index in [-0.39, 0.29) is 12.5 Å². The van der Waals surface area contributed by atoms with E-state index in [1.165, 1.54) is 0 Å². The molecule has 1 aromatic heterocycles. The fourth-order valence-corrected chi connectivity index (χ4v) is 2.77. The predicted octanol–water partition coefficient (Wildman–Crippen LogP) is 4.57. The summed E-state index contributed by atoms with van der Waals surface area (Å²) in [6.45, 7) is 1.44. The van der Waals surface area contributed by atoms with Gasteiger partial charge in [0.2, 0.25) is 5.91 Å². The van der Waals surface area contributed by atoms with Crippen molar-refractivity contribution in [1.29, 1.82) is 0 Å². The minimum atomic E-state index is -0.115. The Bertz CT molecular complexity index is 804. The van der Waals surface area contributed by atoms with Crippen molar-refractivity contribution in [1.82, 2.24) is 4.90 Å². The van der Waals surface area contributed by atoms with Crippen molar-refractivity contribution < 1.29 is 9.21 Å². The predicted molar refractivity (Wildman–Crippen MR) is 99.3 cm³/mol. The van der Waals surface area contributed by atoms with Gasteiger partial charge in [-0.1, -0.05) is 54.1 Å². The molecule has 3 aromatic rings. The lowest BCUT2D eigenvalue weighted by Crippen LogP contribution is -2.32. The Balaban J connectivity index is 1.68. The Hall–Kier alpha value is -2.56. The van der Waals surface area contributed by atoms with Gasteiger partial charge in [-0.15, -0.1) is 0 Å². The molecule has 0 aliphatic heterocycles. The van der Waals surface area contributed by atoms with Gasteiger partial charge in [0, 0.05) is 6.54 Å². The lowest BCUT2D eigenvalue weighted by molar-refractivity contribution is -0.117. The number of carbonyl (C=O) groups is 1. The summed E-state index contributed by atoms with van der Waals surface area (Å²) in [5.41, 5.74) is 1.76. The van der Waals surface area contributed by atoms with E-state index in [4.69, 9.17) is 16.0 Å². The molecule has 25 heavy (non-hydrogen) atoms. The van der Waals surface area contributed by atoms with Crippen molar-refractivity contribution in [2.75, 3.05) is 11.9 Å². The Kier molecular flexibility index (Phi) is 5.88. The van der Waals surface area contributed by atoms with Gasteiger partial charge in [0.15, 0.2) is 0 Å². The van der Waals surface area contributed by atoms with Crippen molar-refractivity contribution in [3.8, 4) is 0 Å². The quantitative estimate of drug-likeness (QED) is 0.675. The minimum absolute atomic E-state index is 0.115. The maximum absolute atomic E-state index is 12.5. The van der Waals surface area contributed by atoms with Gasteiger partial charge in [0.1, 0.15) is 5.76 Å². The standard InChI is InChI=1S/C20H19ClN2O2/c21-18-10-4-5-11-19(18)22-20(24)15-23(14-17-9-6-12-25-17)13-16-7-2-1-3-8-16/h1-12H,13-15H2,(H,22,24). The third-order valence-electron chi connectivity index (χ3n) is 3.72. The zero-order chi connectivity index (χ0) is 17.5. The van der Waals surface area contributed by atoms with E-state index in [1.807, 2.05) is 59.5 Å². The maximum atomic E-state index is 12.5.